The van der Waals surface area contributed by atoms with Crippen LogP contribution in [0.4, 0.5) is 0 Å². The highest BCUT2D eigenvalue weighted by Gasteiger charge is 2.04. The van der Waals surface area contributed by atoms with E-state index in [0.717, 1.165) is 21.2 Å². The average molecular weight is 181 g/mol. The van der Waals surface area contributed by atoms with Gasteiger partial charge < -0.3 is 10.5 Å². The molecule has 3 nitrogen and oxygen atoms in total. The fourth-order valence-corrected chi connectivity index (χ4v) is 1.74. The van der Waals surface area contributed by atoms with Gasteiger partial charge in [0.05, 0.1) is 7.11 Å². The zero-order valence-electron chi connectivity index (χ0n) is 7.13. The number of methoxy groups -OCH3 is 1. The minimum Gasteiger partial charge on any atom is -0.497 e. The summed E-state index contributed by atoms with van der Waals surface area (Å²) in [5, 5.41) is 0.974. The normalized spacial score (nSPS) is 9.75. The van der Waals surface area contributed by atoms with Crippen LogP contribution in [0.15, 0.2) is 18.2 Å². The molecule has 0 unspecified atom stereocenters. The smallest absolute Gasteiger partial charge is 0.248 e. The van der Waals surface area contributed by atoms with Gasteiger partial charge >= 0.3 is 0 Å². The Morgan fingerprint density at radius 3 is 2.67 bits per heavy atom. The lowest BCUT2D eigenvalue weighted by atomic mass is 10.2. The largest absolute Gasteiger partial charge is 0.497 e. The monoisotopic (exact) mass is 181 g/mol. The number of hydrogen-bond acceptors (Lipinski definition) is 2. The van der Waals surface area contributed by atoms with Crippen LogP contribution in [-0.2, 0) is 0 Å². The van der Waals surface area contributed by atoms with E-state index in [0.29, 0.717) is 5.56 Å². The van der Waals surface area contributed by atoms with Crippen LogP contribution in [0.25, 0.3) is 0 Å². The molecule has 0 saturated carbocycles. The van der Waals surface area contributed by atoms with Gasteiger partial charge in [0.1, 0.15) is 5.75 Å². The molecule has 0 aliphatic heterocycles. The van der Waals surface area contributed by atoms with Crippen molar-refractivity contribution in [2.75, 3.05) is 7.11 Å². The number of hydrogen-bond donors (Lipinski definition) is 1. The standard InChI is InChI=1S/C8H11NO2Si/c1-11-5-2-3-6(8(9)10)7(12)4-5/h2-4H,1,12H3,(H2,9,10). The summed E-state index contributed by atoms with van der Waals surface area (Å²) in [4.78, 5) is 10.8. The highest BCUT2D eigenvalue weighted by molar-refractivity contribution is 6.36. The van der Waals surface area contributed by atoms with Crippen LogP contribution >= 0.6 is 0 Å². The van der Waals surface area contributed by atoms with Crippen molar-refractivity contribution in [1.29, 1.82) is 0 Å². The quantitative estimate of drug-likeness (QED) is 0.582. The Morgan fingerprint density at radius 1 is 1.58 bits per heavy atom. The molecule has 0 heterocycles. The first-order chi connectivity index (χ1) is 5.65. The van der Waals surface area contributed by atoms with Gasteiger partial charge in [0.15, 0.2) is 0 Å². The summed E-state index contributed by atoms with van der Waals surface area (Å²) in [5.41, 5.74) is 5.75. The number of amides is 1. The molecule has 0 saturated heterocycles. The van der Waals surface area contributed by atoms with Gasteiger partial charge in [-0.15, -0.1) is 0 Å². The molecule has 0 atom stereocenters. The molecule has 0 bridgehead atoms. The Kier molecular flexibility index (Phi) is 2.50. The van der Waals surface area contributed by atoms with Gasteiger partial charge in [-0.05, 0) is 18.2 Å². The lowest BCUT2D eigenvalue weighted by Crippen LogP contribution is -2.21. The highest BCUT2D eigenvalue weighted by Crippen LogP contribution is 2.07. The Bertz CT molecular complexity index is 312. The third kappa shape index (κ3) is 1.65. The maximum atomic E-state index is 10.8. The van der Waals surface area contributed by atoms with Gasteiger partial charge in [-0.25, -0.2) is 0 Å². The van der Waals surface area contributed by atoms with Crippen molar-refractivity contribution in [3.8, 4) is 5.75 Å². The molecule has 64 valence electrons. The molecule has 0 spiro atoms. The average Bonchev–Trinajstić information content (AvgIpc) is 2.03. The van der Waals surface area contributed by atoms with Gasteiger partial charge in [0.2, 0.25) is 5.91 Å². The van der Waals surface area contributed by atoms with Crippen LogP contribution < -0.4 is 15.7 Å². The van der Waals surface area contributed by atoms with E-state index in [-0.39, 0.29) is 5.91 Å². The van der Waals surface area contributed by atoms with Crippen LogP contribution in [0.3, 0.4) is 0 Å². The SMILES string of the molecule is COc1ccc(C(N)=O)c([SiH3])c1. The predicted octanol–water partition coefficient (Wildman–Crippen LogP) is -1.22. The van der Waals surface area contributed by atoms with Crippen molar-refractivity contribution < 1.29 is 9.53 Å². The maximum absolute atomic E-state index is 10.8. The molecular formula is C8H11NO2Si. The lowest BCUT2D eigenvalue weighted by Gasteiger charge is -2.04. The van der Waals surface area contributed by atoms with Crippen molar-refractivity contribution in [2.24, 2.45) is 5.73 Å². The number of benzene rings is 1. The third-order valence-electron chi connectivity index (χ3n) is 1.70. The lowest BCUT2D eigenvalue weighted by molar-refractivity contribution is 0.100. The number of rotatable bonds is 2. The number of primary amides is 1. The molecule has 0 aromatic heterocycles. The molecule has 0 aliphatic rings. The summed E-state index contributed by atoms with van der Waals surface area (Å²) in [7, 11) is 2.39. The molecule has 12 heavy (non-hydrogen) atoms. The molecule has 1 aromatic rings. The molecule has 1 rings (SSSR count). The molecule has 0 fully saturated rings. The molecular weight excluding hydrogens is 170 g/mol. The van der Waals surface area contributed by atoms with Crippen LogP contribution in [0.5, 0.6) is 5.75 Å². The molecule has 1 amide bonds. The van der Waals surface area contributed by atoms with E-state index in [9.17, 15) is 4.79 Å². The van der Waals surface area contributed by atoms with E-state index in [1.54, 1.807) is 19.2 Å². The van der Waals surface area contributed by atoms with Gasteiger partial charge in [-0.3, -0.25) is 4.79 Å². The van der Waals surface area contributed by atoms with E-state index in [2.05, 4.69) is 0 Å². The van der Waals surface area contributed by atoms with Crippen LogP contribution in [-0.4, -0.2) is 23.3 Å². The summed E-state index contributed by atoms with van der Waals surface area (Å²) in [6, 6.07) is 5.28. The second-order valence-electron chi connectivity index (χ2n) is 2.55. The summed E-state index contributed by atoms with van der Waals surface area (Å²) < 4.78 is 5.00. The number of carbonyl (C=O) groups excluding carboxylic acids is 1. The first-order valence-corrected chi connectivity index (χ1v) is 4.59. The topological polar surface area (TPSA) is 52.3 Å². The molecule has 4 heteroatoms. The summed E-state index contributed by atoms with van der Waals surface area (Å²) in [6.45, 7) is 0. The zero-order chi connectivity index (χ0) is 9.14. The van der Waals surface area contributed by atoms with E-state index >= 15 is 0 Å². The Morgan fingerprint density at radius 2 is 2.25 bits per heavy atom. The molecule has 1 aromatic carbocycles. The Hall–Kier alpha value is -1.29. The minimum atomic E-state index is -0.373. The maximum Gasteiger partial charge on any atom is 0.248 e. The molecule has 2 N–H and O–H groups in total. The van der Waals surface area contributed by atoms with Gasteiger partial charge in [-0.2, -0.15) is 0 Å². The first-order valence-electron chi connectivity index (χ1n) is 3.59. The molecule has 0 radical (unpaired) electrons. The molecule has 0 aliphatic carbocycles. The minimum absolute atomic E-state index is 0.373. The van der Waals surface area contributed by atoms with Crippen LogP contribution in [0, 0.1) is 0 Å². The van der Waals surface area contributed by atoms with Crippen molar-refractivity contribution in [1.82, 2.24) is 0 Å². The van der Waals surface area contributed by atoms with Crippen molar-refractivity contribution >= 4 is 21.3 Å². The summed E-state index contributed by atoms with van der Waals surface area (Å²) >= 11 is 0. The van der Waals surface area contributed by atoms with E-state index < -0.39 is 0 Å². The second-order valence-corrected chi connectivity index (χ2v) is 3.62. The second kappa shape index (κ2) is 3.40. The van der Waals surface area contributed by atoms with Crippen molar-refractivity contribution in [3.63, 3.8) is 0 Å². The fraction of sp³-hybridized carbons (Fsp3) is 0.125. The number of nitrogens with two attached hydrogens (primary N) is 1. The van der Waals surface area contributed by atoms with E-state index in [1.165, 1.54) is 0 Å². The third-order valence-corrected chi connectivity index (χ3v) is 2.53. The van der Waals surface area contributed by atoms with Crippen molar-refractivity contribution in [2.45, 2.75) is 0 Å². The Labute approximate surface area is 73.9 Å². The van der Waals surface area contributed by atoms with Crippen molar-refractivity contribution in [3.05, 3.63) is 23.8 Å². The van der Waals surface area contributed by atoms with Gasteiger partial charge in [0.25, 0.3) is 0 Å². The predicted molar refractivity (Wildman–Crippen MR) is 51.1 cm³/mol. The fourth-order valence-electron chi connectivity index (χ4n) is 1.04. The highest BCUT2D eigenvalue weighted by atomic mass is 28.1. The van der Waals surface area contributed by atoms with E-state index in [1.807, 2.05) is 6.07 Å². The van der Waals surface area contributed by atoms with Gasteiger partial charge in [0, 0.05) is 15.8 Å². The first kappa shape index (κ1) is 8.80. The van der Waals surface area contributed by atoms with Crippen LogP contribution in [0.1, 0.15) is 10.4 Å². The summed E-state index contributed by atoms with van der Waals surface area (Å²) in [5.74, 6) is 0.396. The summed E-state index contributed by atoms with van der Waals surface area (Å²) in [6.07, 6.45) is 0. The zero-order valence-corrected chi connectivity index (χ0v) is 9.13. The Balaban J connectivity index is 3.12. The van der Waals surface area contributed by atoms with E-state index in [4.69, 9.17) is 10.5 Å². The number of ether oxygens (including phenoxy) is 1. The van der Waals surface area contributed by atoms with Gasteiger partial charge in [-0.1, -0.05) is 5.19 Å². The van der Waals surface area contributed by atoms with Crippen LogP contribution in [0.2, 0.25) is 0 Å². The number of carbonyl (C=O) groups is 1.